The summed E-state index contributed by atoms with van der Waals surface area (Å²) in [5.74, 6) is -1.11. The lowest BCUT2D eigenvalue weighted by atomic mass is 9.99. The number of hydrogen-bond acceptors (Lipinski definition) is 11. The first-order chi connectivity index (χ1) is 40.2. The van der Waals surface area contributed by atoms with E-state index in [2.05, 4.69) is 67.2 Å². The molecule has 0 saturated carbocycles. The number of amides is 6. The number of aliphatic hydroxyl groups is 1. The van der Waals surface area contributed by atoms with E-state index in [0.717, 1.165) is 61.2 Å². The van der Waals surface area contributed by atoms with Crippen molar-refractivity contribution >= 4 is 36.0 Å². The third-order valence-corrected chi connectivity index (χ3v) is 13.9. The lowest BCUT2D eigenvalue weighted by Crippen LogP contribution is -2.43. The molecule has 3 atom stereocenters. The van der Waals surface area contributed by atoms with Gasteiger partial charge in [0.15, 0.2) is 0 Å². The molecule has 0 aromatic heterocycles. The normalized spacial score (nSPS) is 18.0. The summed E-state index contributed by atoms with van der Waals surface area (Å²) >= 11 is 0. The first-order valence-electron chi connectivity index (χ1n) is 28.7. The number of aliphatic hydroxyl groups excluding tert-OH is 1. The summed E-state index contributed by atoms with van der Waals surface area (Å²) in [6.45, 7) is 19.9. The molecule has 3 heterocycles. The van der Waals surface area contributed by atoms with Gasteiger partial charge in [-0.1, -0.05) is 170 Å². The zero-order valence-electron chi connectivity index (χ0n) is 50.8. The van der Waals surface area contributed by atoms with E-state index in [0.29, 0.717) is 49.7 Å². The number of hydrogen-bond donors (Lipinski definition) is 1. The van der Waals surface area contributed by atoms with Crippen molar-refractivity contribution in [1.82, 2.24) is 19.6 Å². The SMILES string of the molecule is C=C1C[C@@H](Cc2ccc(-c3ccccc3)cc2)N(C(=O)OC(C)(C)C)C1=O.CC(C)(C)OC(=O)N1C(=O)C(=CO)C[C@H]1Cc1ccc(-c2ccccc2)cc1.CN(C)C=C1C[C@@H](Cc2ccc(-c3ccccc3)cc2)N(C(=O)OC(C)(C)C)C1=O. The highest BCUT2D eigenvalue weighted by molar-refractivity contribution is 6.06. The average molecular weight is 1150 g/mol. The molecule has 0 bridgehead atoms. The molecular formula is C71H80N4O10. The molecule has 6 aromatic rings. The molecule has 6 aromatic carbocycles. The summed E-state index contributed by atoms with van der Waals surface area (Å²) in [5, 5.41) is 9.35. The Kier molecular flexibility index (Phi) is 20.6. The molecule has 0 aliphatic carbocycles. The number of carbonyl (C=O) groups is 6. The zero-order chi connectivity index (χ0) is 61.8. The summed E-state index contributed by atoms with van der Waals surface area (Å²) in [4.78, 5) is 81.1. The van der Waals surface area contributed by atoms with Crippen molar-refractivity contribution in [3.05, 3.63) is 216 Å². The second-order valence-corrected chi connectivity index (χ2v) is 24.7. The summed E-state index contributed by atoms with van der Waals surface area (Å²) in [5.41, 5.74) is 9.25. The van der Waals surface area contributed by atoms with Crippen molar-refractivity contribution in [2.45, 2.75) is 136 Å². The molecule has 0 spiro atoms. The average Bonchev–Trinajstić information content (AvgIpc) is 3.57. The van der Waals surface area contributed by atoms with Crippen LogP contribution in [-0.2, 0) is 47.9 Å². The number of ether oxygens (including phenoxy) is 3. The predicted octanol–water partition coefficient (Wildman–Crippen LogP) is 14.7. The highest BCUT2D eigenvalue weighted by atomic mass is 16.6. The van der Waals surface area contributed by atoms with Gasteiger partial charge < -0.3 is 24.2 Å². The van der Waals surface area contributed by atoms with Gasteiger partial charge in [-0.25, -0.2) is 29.1 Å². The van der Waals surface area contributed by atoms with Crippen LogP contribution in [0.3, 0.4) is 0 Å². The fraction of sp³-hybridized carbons (Fsp3) is 0.324. The van der Waals surface area contributed by atoms with Gasteiger partial charge in [-0.15, -0.1) is 0 Å². The maximum atomic E-state index is 12.9. The quantitative estimate of drug-likeness (QED) is 0.0789. The lowest BCUT2D eigenvalue weighted by molar-refractivity contribution is -0.126. The van der Waals surface area contributed by atoms with E-state index < -0.39 is 41.0 Å². The molecule has 0 radical (unpaired) electrons. The van der Waals surface area contributed by atoms with Crippen molar-refractivity contribution in [3.8, 4) is 33.4 Å². The smallest absolute Gasteiger partial charge is 0.417 e. The molecule has 3 fully saturated rings. The van der Waals surface area contributed by atoms with E-state index in [1.807, 2.05) is 122 Å². The van der Waals surface area contributed by atoms with Gasteiger partial charge in [-0.05, 0) is 138 Å². The van der Waals surface area contributed by atoms with Gasteiger partial charge in [0.1, 0.15) is 16.8 Å². The number of nitrogens with zero attached hydrogens (tertiary/aromatic N) is 4. The zero-order valence-corrected chi connectivity index (χ0v) is 50.8. The third-order valence-electron chi connectivity index (χ3n) is 13.9. The van der Waals surface area contributed by atoms with Crippen LogP contribution in [0.15, 0.2) is 200 Å². The largest absolute Gasteiger partial charge is 0.515 e. The minimum Gasteiger partial charge on any atom is -0.515 e. The van der Waals surface area contributed by atoms with Crippen LogP contribution in [0.1, 0.15) is 98.3 Å². The Morgan fingerprint density at radius 2 is 0.718 bits per heavy atom. The number of rotatable bonds is 10. The van der Waals surface area contributed by atoms with E-state index in [-0.39, 0.29) is 35.5 Å². The Morgan fingerprint density at radius 1 is 0.447 bits per heavy atom. The topological polar surface area (TPSA) is 163 Å². The molecule has 14 nitrogen and oxygen atoms in total. The van der Waals surface area contributed by atoms with Crippen LogP contribution in [0.2, 0.25) is 0 Å². The van der Waals surface area contributed by atoms with Crippen LogP contribution in [0.5, 0.6) is 0 Å². The predicted molar refractivity (Wildman–Crippen MR) is 333 cm³/mol. The van der Waals surface area contributed by atoms with E-state index in [9.17, 15) is 33.9 Å². The van der Waals surface area contributed by atoms with Gasteiger partial charge in [0.2, 0.25) is 0 Å². The molecule has 85 heavy (non-hydrogen) atoms. The Balaban J connectivity index is 0.000000183. The van der Waals surface area contributed by atoms with Crippen molar-refractivity contribution in [1.29, 1.82) is 0 Å². The molecule has 3 aliphatic rings. The standard InChI is InChI=1S/C25H30N2O3.C23H25NO4.C23H25NO3/c1-25(2,3)30-24(29)27-22(16-21(23(27)28)17-26(4)5)15-18-11-13-20(14-12-18)19-9-7-6-8-10-19;1-23(2,3)28-22(27)24-20(14-19(15-25)21(24)26)13-16-9-11-18(12-10-16)17-7-5-4-6-8-17;1-16-14-20(24(21(16)25)22(26)27-23(2,3)4)15-17-10-12-19(13-11-17)18-8-6-5-7-9-18/h6-14,17,22H,15-16H2,1-5H3;4-12,15,20,25H,13-14H2,1-3H3;5-13,20H,1,14-15H2,2-4H3/t22-;2*20-/m110/s1. The van der Waals surface area contributed by atoms with Crippen LogP contribution in [-0.4, -0.2) is 110 Å². The molecular weight excluding hydrogens is 1070 g/mol. The van der Waals surface area contributed by atoms with Gasteiger partial charge >= 0.3 is 18.3 Å². The maximum Gasteiger partial charge on any atom is 0.417 e. The number of carbonyl (C=O) groups excluding carboxylic acids is 6. The summed E-state index contributed by atoms with van der Waals surface area (Å²) in [7, 11) is 3.74. The minimum atomic E-state index is -0.703. The monoisotopic (exact) mass is 1150 g/mol. The number of imide groups is 3. The fourth-order valence-electron chi connectivity index (χ4n) is 10.2. The fourth-order valence-corrected chi connectivity index (χ4v) is 10.2. The van der Waals surface area contributed by atoms with Crippen LogP contribution in [0.4, 0.5) is 14.4 Å². The molecule has 3 saturated heterocycles. The van der Waals surface area contributed by atoms with Crippen molar-refractivity contribution in [2.24, 2.45) is 0 Å². The molecule has 14 heteroatoms. The molecule has 3 aliphatic heterocycles. The minimum absolute atomic E-state index is 0.219. The van der Waals surface area contributed by atoms with Gasteiger partial charge in [0.05, 0.1) is 30.0 Å². The van der Waals surface area contributed by atoms with Crippen LogP contribution < -0.4 is 0 Å². The van der Waals surface area contributed by atoms with Gasteiger partial charge in [0.25, 0.3) is 17.7 Å². The first-order valence-corrected chi connectivity index (χ1v) is 28.7. The maximum absolute atomic E-state index is 12.9. The van der Waals surface area contributed by atoms with Crippen molar-refractivity contribution in [2.75, 3.05) is 14.1 Å². The molecule has 9 rings (SSSR count). The summed E-state index contributed by atoms with van der Waals surface area (Å²) < 4.78 is 16.3. The second-order valence-electron chi connectivity index (χ2n) is 24.7. The van der Waals surface area contributed by atoms with E-state index in [4.69, 9.17) is 14.2 Å². The molecule has 0 unspecified atom stereocenters. The Morgan fingerprint density at radius 3 is 1.01 bits per heavy atom. The Bertz CT molecular complexity index is 3370. The van der Waals surface area contributed by atoms with Crippen LogP contribution in [0.25, 0.3) is 33.4 Å². The summed E-state index contributed by atoms with van der Waals surface area (Å²) in [6.07, 6.45) is 3.67. The van der Waals surface area contributed by atoms with Crippen LogP contribution in [0, 0.1) is 0 Å². The van der Waals surface area contributed by atoms with Gasteiger partial charge in [-0.2, -0.15) is 0 Å². The van der Waals surface area contributed by atoms with Crippen molar-refractivity contribution < 1.29 is 48.1 Å². The number of likely N-dealkylation sites (tertiary alicyclic amines) is 3. The highest BCUT2D eigenvalue weighted by Crippen LogP contribution is 2.33. The second kappa shape index (κ2) is 27.6. The van der Waals surface area contributed by atoms with E-state index >= 15 is 0 Å². The lowest BCUT2D eigenvalue weighted by Gasteiger charge is -2.27. The van der Waals surface area contributed by atoms with E-state index in [1.165, 1.54) is 9.80 Å². The molecule has 6 amide bonds. The van der Waals surface area contributed by atoms with Gasteiger partial charge in [-0.3, -0.25) is 14.4 Å². The third kappa shape index (κ3) is 17.7. The van der Waals surface area contributed by atoms with Gasteiger partial charge in [0, 0.05) is 44.3 Å². The molecule has 444 valence electrons. The van der Waals surface area contributed by atoms with E-state index in [1.54, 1.807) is 68.5 Å². The Hall–Kier alpha value is -9.04. The Labute approximate surface area is 501 Å². The highest BCUT2D eigenvalue weighted by Gasteiger charge is 2.44. The first kappa shape index (κ1) is 63.5. The summed E-state index contributed by atoms with van der Waals surface area (Å²) in [6, 6.07) is 54.1. The molecule has 1 N–H and O–H groups in total. The van der Waals surface area contributed by atoms with Crippen molar-refractivity contribution in [3.63, 3.8) is 0 Å². The number of benzene rings is 6. The van der Waals surface area contributed by atoms with Crippen LogP contribution >= 0.6 is 0 Å².